The lowest BCUT2D eigenvalue weighted by Crippen LogP contribution is -3.00. The van der Waals surface area contributed by atoms with E-state index in [1.165, 1.54) is 43.4 Å². The molecule has 0 aliphatic carbocycles. The van der Waals surface area contributed by atoms with E-state index in [1.54, 1.807) is 0 Å². The molecular formula is C9H20ClNO. The lowest BCUT2D eigenvalue weighted by Gasteiger charge is -2.32. The molecule has 2 nitrogen and oxygen atoms in total. The Balaban J connectivity index is 0.00000121. The molecule has 1 aliphatic rings. The maximum absolute atomic E-state index is 5.25. The average Bonchev–Trinajstić information content (AvgIpc) is 2.39. The summed E-state index contributed by atoms with van der Waals surface area (Å²) in [6.07, 6.45) is 4.07. The molecule has 1 heterocycles. The number of ether oxygens (including phenoxy) is 1. The Kier molecular flexibility index (Phi) is 5.89. The van der Waals surface area contributed by atoms with Gasteiger partial charge in [0.15, 0.2) is 6.73 Å². The molecule has 0 unspecified atom stereocenters. The summed E-state index contributed by atoms with van der Waals surface area (Å²) < 4.78 is 6.47. The largest absolute Gasteiger partial charge is 1.00 e. The third-order valence-corrected chi connectivity index (χ3v) is 2.62. The number of likely N-dealkylation sites (tertiary alicyclic amines) is 1. The van der Waals surface area contributed by atoms with Gasteiger partial charge in [-0.2, -0.15) is 0 Å². The first-order chi connectivity index (χ1) is 5.33. The fourth-order valence-electron chi connectivity index (χ4n) is 2.17. The summed E-state index contributed by atoms with van der Waals surface area (Å²) in [5.74, 6) is 0. The van der Waals surface area contributed by atoms with Gasteiger partial charge in [0.1, 0.15) is 0 Å². The van der Waals surface area contributed by atoms with Crippen molar-refractivity contribution in [1.29, 1.82) is 0 Å². The van der Waals surface area contributed by atoms with E-state index in [1.807, 2.05) is 7.11 Å². The van der Waals surface area contributed by atoms with Gasteiger partial charge < -0.3 is 21.6 Å². The summed E-state index contributed by atoms with van der Waals surface area (Å²) in [6, 6.07) is 0. The molecule has 0 aromatic rings. The standard InChI is InChI=1S/C9H20NO.ClH/c1-3-6-10(9-11-2)7-4-5-8-10;/h3-9H2,1-2H3;1H/q+1;/p-1. The number of quaternary nitrogens is 1. The number of rotatable bonds is 4. The molecule has 0 amide bonds. The Labute approximate surface area is 81.9 Å². The third-order valence-electron chi connectivity index (χ3n) is 2.62. The molecule has 1 fully saturated rings. The smallest absolute Gasteiger partial charge is 0.182 e. The van der Waals surface area contributed by atoms with Crippen LogP contribution in [0, 0.1) is 0 Å². The Bertz CT molecular complexity index is 105. The van der Waals surface area contributed by atoms with E-state index in [4.69, 9.17) is 4.74 Å². The second kappa shape index (κ2) is 5.79. The van der Waals surface area contributed by atoms with Crippen LogP contribution in [0.5, 0.6) is 0 Å². The highest BCUT2D eigenvalue weighted by molar-refractivity contribution is 4.51. The van der Waals surface area contributed by atoms with Gasteiger partial charge in [0.25, 0.3) is 0 Å². The second-order valence-corrected chi connectivity index (χ2v) is 3.64. The molecule has 0 radical (unpaired) electrons. The van der Waals surface area contributed by atoms with Crippen molar-refractivity contribution in [3.8, 4) is 0 Å². The molecule has 0 atom stereocenters. The minimum Gasteiger partial charge on any atom is -1.00 e. The molecule has 3 heteroatoms. The van der Waals surface area contributed by atoms with Crippen LogP contribution in [0.15, 0.2) is 0 Å². The maximum atomic E-state index is 5.25. The molecular weight excluding hydrogens is 174 g/mol. The van der Waals surface area contributed by atoms with E-state index < -0.39 is 0 Å². The van der Waals surface area contributed by atoms with Crippen LogP contribution in [-0.2, 0) is 4.74 Å². The number of methoxy groups -OCH3 is 1. The van der Waals surface area contributed by atoms with Crippen molar-refractivity contribution < 1.29 is 21.6 Å². The highest BCUT2D eigenvalue weighted by Gasteiger charge is 2.30. The number of hydrogen-bond acceptors (Lipinski definition) is 1. The predicted octanol–water partition coefficient (Wildman–Crippen LogP) is -1.39. The highest BCUT2D eigenvalue weighted by Crippen LogP contribution is 2.19. The first-order valence-corrected chi connectivity index (χ1v) is 4.67. The first kappa shape index (κ1) is 12.2. The van der Waals surface area contributed by atoms with Crippen molar-refractivity contribution in [2.24, 2.45) is 0 Å². The lowest BCUT2D eigenvalue weighted by molar-refractivity contribution is -0.934. The van der Waals surface area contributed by atoms with Crippen LogP contribution in [0.4, 0.5) is 0 Å². The van der Waals surface area contributed by atoms with E-state index in [0.29, 0.717) is 0 Å². The quantitative estimate of drug-likeness (QED) is 0.500. The molecule has 74 valence electrons. The van der Waals surface area contributed by atoms with Gasteiger partial charge in [-0.15, -0.1) is 0 Å². The van der Waals surface area contributed by atoms with Crippen molar-refractivity contribution in [3.05, 3.63) is 0 Å². The van der Waals surface area contributed by atoms with Gasteiger partial charge >= 0.3 is 0 Å². The molecule has 12 heavy (non-hydrogen) atoms. The van der Waals surface area contributed by atoms with Crippen LogP contribution < -0.4 is 12.4 Å². The van der Waals surface area contributed by atoms with Crippen LogP contribution in [0.1, 0.15) is 26.2 Å². The van der Waals surface area contributed by atoms with Gasteiger partial charge in [-0.05, 0) is 6.42 Å². The summed E-state index contributed by atoms with van der Waals surface area (Å²) in [6.45, 7) is 7.15. The Hall–Kier alpha value is 0.210. The molecule has 0 bridgehead atoms. The topological polar surface area (TPSA) is 9.23 Å². The summed E-state index contributed by atoms with van der Waals surface area (Å²) in [4.78, 5) is 0. The molecule has 1 rings (SSSR count). The summed E-state index contributed by atoms with van der Waals surface area (Å²) in [5.41, 5.74) is 0. The molecule has 0 aromatic carbocycles. The fraction of sp³-hybridized carbons (Fsp3) is 1.00. The van der Waals surface area contributed by atoms with E-state index in [2.05, 4.69) is 6.92 Å². The number of nitrogens with zero attached hydrogens (tertiary/aromatic N) is 1. The van der Waals surface area contributed by atoms with Gasteiger partial charge in [-0.25, -0.2) is 0 Å². The Morgan fingerprint density at radius 2 is 1.83 bits per heavy atom. The minimum absolute atomic E-state index is 0. The third kappa shape index (κ3) is 2.92. The predicted molar refractivity (Wildman–Crippen MR) is 46.3 cm³/mol. The van der Waals surface area contributed by atoms with Crippen LogP contribution >= 0.6 is 0 Å². The first-order valence-electron chi connectivity index (χ1n) is 4.67. The molecule has 1 aliphatic heterocycles. The van der Waals surface area contributed by atoms with Crippen molar-refractivity contribution in [2.45, 2.75) is 26.2 Å². The van der Waals surface area contributed by atoms with Crippen LogP contribution in [0.25, 0.3) is 0 Å². The van der Waals surface area contributed by atoms with E-state index in [9.17, 15) is 0 Å². The van der Waals surface area contributed by atoms with Gasteiger partial charge in [-0.1, -0.05) is 6.92 Å². The minimum atomic E-state index is 0. The van der Waals surface area contributed by atoms with Gasteiger partial charge in [0.2, 0.25) is 0 Å². The van der Waals surface area contributed by atoms with E-state index in [-0.39, 0.29) is 12.4 Å². The van der Waals surface area contributed by atoms with Gasteiger partial charge in [0.05, 0.1) is 19.6 Å². The summed E-state index contributed by atoms with van der Waals surface area (Å²) in [7, 11) is 1.81. The Morgan fingerprint density at radius 1 is 1.25 bits per heavy atom. The zero-order valence-corrected chi connectivity index (χ0v) is 8.94. The Morgan fingerprint density at radius 3 is 2.25 bits per heavy atom. The van der Waals surface area contributed by atoms with Gasteiger partial charge in [0, 0.05) is 20.0 Å². The van der Waals surface area contributed by atoms with Crippen molar-refractivity contribution in [1.82, 2.24) is 0 Å². The van der Waals surface area contributed by atoms with Crippen molar-refractivity contribution >= 4 is 0 Å². The lowest BCUT2D eigenvalue weighted by atomic mass is 10.4. The zero-order valence-electron chi connectivity index (χ0n) is 8.18. The molecule has 0 aromatic heterocycles. The van der Waals surface area contributed by atoms with Crippen LogP contribution in [-0.4, -0.2) is 38.0 Å². The zero-order chi connectivity index (χ0) is 8.16. The molecule has 0 spiro atoms. The second-order valence-electron chi connectivity index (χ2n) is 3.64. The summed E-state index contributed by atoms with van der Waals surface area (Å²) in [5, 5.41) is 0. The molecule has 0 saturated carbocycles. The van der Waals surface area contributed by atoms with Crippen LogP contribution in [0.2, 0.25) is 0 Å². The van der Waals surface area contributed by atoms with Crippen LogP contribution in [0.3, 0.4) is 0 Å². The number of hydrogen-bond donors (Lipinski definition) is 0. The number of halogens is 1. The molecule has 0 N–H and O–H groups in total. The normalized spacial score (nSPS) is 20.5. The highest BCUT2D eigenvalue weighted by atomic mass is 35.5. The van der Waals surface area contributed by atoms with Gasteiger partial charge in [-0.3, -0.25) is 0 Å². The fourth-order valence-corrected chi connectivity index (χ4v) is 2.17. The monoisotopic (exact) mass is 193 g/mol. The average molecular weight is 194 g/mol. The summed E-state index contributed by atoms with van der Waals surface area (Å²) >= 11 is 0. The maximum Gasteiger partial charge on any atom is 0.182 e. The molecule has 1 saturated heterocycles. The van der Waals surface area contributed by atoms with Crippen molar-refractivity contribution in [3.63, 3.8) is 0 Å². The van der Waals surface area contributed by atoms with Crippen molar-refractivity contribution in [2.75, 3.05) is 33.5 Å². The van der Waals surface area contributed by atoms with E-state index in [0.717, 1.165) is 6.73 Å². The van der Waals surface area contributed by atoms with E-state index >= 15 is 0 Å². The SMILES string of the molecule is CCC[N+]1(COC)CCCC1.[Cl-].